The summed E-state index contributed by atoms with van der Waals surface area (Å²) >= 11 is 5.40. The summed E-state index contributed by atoms with van der Waals surface area (Å²) in [4.78, 5) is 16.8. The number of allylic oxidation sites excluding steroid dienone is 3. The molecule has 4 nitrogen and oxygen atoms in total. The molecule has 0 aromatic rings. The zero-order valence-electron chi connectivity index (χ0n) is 16.2. The molecule has 0 bridgehead atoms. The van der Waals surface area contributed by atoms with Crippen molar-refractivity contribution in [1.29, 1.82) is 0 Å². The molecule has 0 atom stereocenters. The van der Waals surface area contributed by atoms with Crippen molar-refractivity contribution in [2.45, 2.75) is 53.4 Å². The Morgan fingerprint density at radius 3 is 2.56 bits per heavy atom. The summed E-state index contributed by atoms with van der Waals surface area (Å²) in [6, 6.07) is 0. The van der Waals surface area contributed by atoms with E-state index in [0.717, 1.165) is 50.7 Å². The van der Waals surface area contributed by atoms with E-state index in [-0.39, 0.29) is 11.3 Å². The smallest absolute Gasteiger partial charge is 0.246 e. The second kappa shape index (κ2) is 8.84. The number of carbonyl (C=O) groups is 1. The molecular formula is C20H33N3OS. The van der Waals surface area contributed by atoms with Crippen molar-refractivity contribution in [1.82, 2.24) is 15.1 Å². The zero-order valence-corrected chi connectivity index (χ0v) is 17.0. The molecule has 1 saturated heterocycles. The molecule has 1 N–H and O–H groups in total. The molecule has 1 aliphatic heterocycles. The van der Waals surface area contributed by atoms with E-state index >= 15 is 0 Å². The van der Waals surface area contributed by atoms with E-state index < -0.39 is 0 Å². The van der Waals surface area contributed by atoms with Crippen molar-refractivity contribution < 1.29 is 4.79 Å². The van der Waals surface area contributed by atoms with Crippen molar-refractivity contribution in [3.05, 3.63) is 23.3 Å². The maximum atomic E-state index is 12.7. The second-order valence-electron chi connectivity index (χ2n) is 7.77. The van der Waals surface area contributed by atoms with E-state index in [9.17, 15) is 4.79 Å². The molecule has 0 unspecified atom stereocenters. The summed E-state index contributed by atoms with van der Waals surface area (Å²) in [6.07, 6.45) is 8.40. The van der Waals surface area contributed by atoms with Crippen LogP contribution in [0.5, 0.6) is 0 Å². The number of carbonyl (C=O) groups excluding carboxylic acids is 1. The number of amides is 1. The van der Waals surface area contributed by atoms with Gasteiger partial charge in [-0.3, -0.25) is 4.79 Å². The Morgan fingerprint density at radius 1 is 1.20 bits per heavy atom. The molecular weight excluding hydrogens is 330 g/mol. The topological polar surface area (TPSA) is 35.6 Å². The Morgan fingerprint density at radius 2 is 1.88 bits per heavy atom. The summed E-state index contributed by atoms with van der Waals surface area (Å²) in [5.74, 6) is 0.123. The molecule has 0 aromatic heterocycles. The lowest BCUT2D eigenvalue weighted by Crippen LogP contribution is -2.42. The number of thiocarbonyl (C=S) groups is 1. The lowest BCUT2D eigenvalue weighted by molar-refractivity contribution is -0.125. The van der Waals surface area contributed by atoms with E-state index in [2.05, 4.69) is 37.1 Å². The number of nitrogens with one attached hydrogen (secondary N) is 1. The fourth-order valence-electron chi connectivity index (χ4n) is 3.87. The number of hydrogen-bond acceptors (Lipinski definition) is 2. The van der Waals surface area contributed by atoms with E-state index in [1.807, 2.05) is 11.8 Å². The van der Waals surface area contributed by atoms with Gasteiger partial charge in [0.25, 0.3) is 0 Å². The summed E-state index contributed by atoms with van der Waals surface area (Å²) in [7, 11) is 0. The molecule has 5 heteroatoms. The predicted octanol–water partition coefficient (Wildman–Crippen LogP) is 3.50. The molecule has 0 saturated carbocycles. The van der Waals surface area contributed by atoms with Gasteiger partial charge in [-0.15, -0.1) is 0 Å². The first kappa shape index (κ1) is 20.0. The molecule has 0 radical (unpaired) electrons. The van der Waals surface area contributed by atoms with Gasteiger partial charge in [-0.2, -0.15) is 0 Å². The van der Waals surface area contributed by atoms with Crippen LogP contribution in [0.1, 0.15) is 53.4 Å². The number of rotatable bonds is 3. The van der Waals surface area contributed by atoms with Gasteiger partial charge < -0.3 is 15.1 Å². The Labute approximate surface area is 158 Å². The van der Waals surface area contributed by atoms with Crippen molar-refractivity contribution in [2.75, 3.05) is 32.7 Å². The molecule has 1 fully saturated rings. The predicted molar refractivity (Wildman–Crippen MR) is 109 cm³/mol. The van der Waals surface area contributed by atoms with Crippen LogP contribution in [0, 0.1) is 5.41 Å². The van der Waals surface area contributed by atoms with E-state index in [0.29, 0.717) is 0 Å². The highest BCUT2D eigenvalue weighted by Crippen LogP contribution is 2.40. The maximum Gasteiger partial charge on any atom is 0.246 e. The summed E-state index contributed by atoms with van der Waals surface area (Å²) in [6.45, 7) is 12.9. The van der Waals surface area contributed by atoms with Crippen LogP contribution in [0.4, 0.5) is 0 Å². The van der Waals surface area contributed by atoms with Crippen LogP contribution in [-0.4, -0.2) is 53.5 Å². The van der Waals surface area contributed by atoms with Crippen LogP contribution in [0.2, 0.25) is 0 Å². The van der Waals surface area contributed by atoms with Gasteiger partial charge in [0.1, 0.15) is 0 Å². The Bertz CT molecular complexity index is 565. The third-order valence-electron chi connectivity index (χ3n) is 5.36. The number of hydrogen-bond donors (Lipinski definition) is 1. The van der Waals surface area contributed by atoms with Gasteiger partial charge in [0.2, 0.25) is 5.91 Å². The minimum atomic E-state index is 0.123. The Hall–Kier alpha value is -1.36. The van der Waals surface area contributed by atoms with E-state index in [1.54, 1.807) is 6.08 Å². The first-order chi connectivity index (χ1) is 11.8. The standard InChI is InChI=1S/C20H33N3OS/c1-5-21-19(25)23-13-7-12-22(14-15-23)18(24)10-9-17-16(2)8-6-11-20(17,3)4/h9-10H,5-8,11-15H2,1-4H3,(H,21,25)/b10-9+. The van der Waals surface area contributed by atoms with Crippen molar-refractivity contribution in [2.24, 2.45) is 5.41 Å². The first-order valence-corrected chi connectivity index (χ1v) is 9.96. The van der Waals surface area contributed by atoms with Gasteiger partial charge in [0.05, 0.1) is 0 Å². The minimum Gasteiger partial charge on any atom is -0.363 e. The molecule has 1 amide bonds. The van der Waals surface area contributed by atoms with E-state index in [1.165, 1.54) is 24.0 Å². The molecule has 0 spiro atoms. The van der Waals surface area contributed by atoms with Gasteiger partial charge in [0.15, 0.2) is 5.11 Å². The highest BCUT2D eigenvalue weighted by Gasteiger charge is 2.27. The van der Waals surface area contributed by atoms with Gasteiger partial charge in [0, 0.05) is 38.8 Å². The monoisotopic (exact) mass is 363 g/mol. The van der Waals surface area contributed by atoms with Gasteiger partial charge in [-0.1, -0.05) is 25.5 Å². The van der Waals surface area contributed by atoms with Crippen LogP contribution < -0.4 is 5.32 Å². The zero-order chi connectivity index (χ0) is 18.4. The highest BCUT2D eigenvalue weighted by atomic mass is 32.1. The lowest BCUT2D eigenvalue weighted by atomic mass is 9.72. The molecule has 2 rings (SSSR count). The van der Waals surface area contributed by atoms with Crippen LogP contribution in [-0.2, 0) is 4.79 Å². The SMILES string of the molecule is CCNC(=S)N1CCCN(C(=O)/C=C/C2=C(C)CCCC2(C)C)CC1. The van der Waals surface area contributed by atoms with Gasteiger partial charge in [-0.25, -0.2) is 0 Å². The van der Waals surface area contributed by atoms with E-state index in [4.69, 9.17) is 12.2 Å². The molecule has 0 aromatic carbocycles. The normalized spacial score (nSPS) is 21.4. The molecule has 2 aliphatic rings. The summed E-state index contributed by atoms with van der Waals surface area (Å²) < 4.78 is 0. The third-order valence-corrected chi connectivity index (χ3v) is 5.76. The molecule has 1 aliphatic carbocycles. The van der Waals surface area contributed by atoms with Crippen LogP contribution in [0.3, 0.4) is 0 Å². The average molecular weight is 364 g/mol. The van der Waals surface area contributed by atoms with Crippen LogP contribution in [0.15, 0.2) is 23.3 Å². The van der Waals surface area contributed by atoms with Crippen LogP contribution >= 0.6 is 12.2 Å². The lowest BCUT2D eigenvalue weighted by Gasteiger charge is -2.33. The Kier molecular flexibility index (Phi) is 7.05. The average Bonchev–Trinajstić information content (AvgIpc) is 2.80. The fraction of sp³-hybridized carbons (Fsp3) is 0.700. The fourth-order valence-corrected chi connectivity index (χ4v) is 4.20. The molecule has 1 heterocycles. The van der Waals surface area contributed by atoms with Crippen molar-refractivity contribution in [3.63, 3.8) is 0 Å². The number of nitrogens with zero attached hydrogens (tertiary/aromatic N) is 2. The molecule has 140 valence electrons. The van der Waals surface area contributed by atoms with Crippen molar-refractivity contribution in [3.8, 4) is 0 Å². The largest absolute Gasteiger partial charge is 0.363 e. The van der Waals surface area contributed by atoms with Crippen LogP contribution in [0.25, 0.3) is 0 Å². The second-order valence-corrected chi connectivity index (χ2v) is 8.15. The maximum absolute atomic E-state index is 12.7. The quantitative estimate of drug-likeness (QED) is 0.615. The van der Waals surface area contributed by atoms with Gasteiger partial charge in [-0.05, 0) is 62.7 Å². The third kappa shape index (κ3) is 5.30. The van der Waals surface area contributed by atoms with Crippen molar-refractivity contribution >= 4 is 23.2 Å². The summed E-state index contributed by atoms with van der Waals surface area (Å²) in [5, 5.41) is 4.01. The summed E-state index contributed by atoms with van der Waals surface area (Å²) in [5.41, 5.74) is 2.95. The Balaban J connectivity index is 1.98. The first-order valence-electron chi connectivity index (χ1n) is 9.55. The molecule has 25 heavy (non-hydrogen) atoms. The van der Waals surface area contributed by atoms with Gasteiger partial charge >= 0.3 is 0 Å². The highest BCUT2D eigenvalue weighted by molar-refractivity contribution is 7.80. The minimum absolute atomic E-state index is 0.123.